The van der Waals surface area contributed by atoms with Crippen molar-refractivity contribution in [3.63, 3.8) is 0 Å². The Bertz CT molecular complexity index is 599. The first-order valence-electron chi connectivity index (χ1n) is 9.41. The highest BCUT2D eigenvalue weighted by atomic mass is 16.5. The van der Waals surface area contributed by atoms with Crippen molar-refractivity contribution in [1.82, 2.24) is 15.1 Å². The lowest BCUT2D eigenvalue weighted by molar-refractivity contribution is 0.0604. The molecule has 0 bridgehead atoms. The number of nitrogens with one attached hydrogen (secondary N) is 2. The fraction of sp³-hybridized carbons (Fsp3) is 0.650. The minimum atomic E-state index is -0.159. The summed E-state index contributed by atoms with van der Waals surface area (Å²) in [6.45, 7) is 10.1. The van der Waals surface area contributed by atoms with Gasteiger partial charge in [-0.15, -0.1) is 0 Å². The summed E-state index contributed by atoms with van der Waals surface area (Å²) >= 11 is 0. The van der Waals surface area contributed by atoms with Gasteiger partial charge in [-0.1, -0.05) is 6.92 Å². The zero-order valence-corrected chi connectivity index (χ0v) is 17.1. The molecule has 1 heterocycles. The van der Waals surface area contributed by atoms with Crippen LogP contribution in [0.15, 0.2) is 12.1 Å². The van der Waals surface area contributed by atoms with Crippen LogP contribution in [0.1, 0.15) is 30.9 Å². The number of hydrogen-bond acceptors (Lipinski definition) is 4. The van der Waals surface area contributed by atoms with Gasteiger partial charge in [0.05, 0.1) is 7.11 Å². The second-order valence-electron chi connectivity index (χ2n) is 7.50. The molecule has 0 aliphatic carbocycles. The van der Waals surface area contributed by atoms with Crippen LogP contribution in [-0.2, 0) is 0 Å². The Hall–Kier alpha value is -1.79. The molecule has 0 radical (unpaired) electrons. The van der Waals surface area contributed by atoms with Crippen molar-refractivity contribution in [2.75, 3.05) is 52.7 Å². The van der Waals surface area contributed by atoms with Gasteiger partial charge in [-0.3, -0.25) is 0 Å². The van der Waals surface area contributed by atoms with Gasteiger partial charge in [-0.25, -0.2) is 4.79 Å². The van der Waals surface area contributed by atoms with E-state index in [2.05, 4.69) is 41.5 Å². The van der Waals surface area contributed by atoms with E-state index in [9.17, 15) is 4.79 Å². The van der Waals surface area contributed by atoms with E-state index in [0.717, 1.165) is 55.0 Å². The van der Waals surface area contributed by atoms with Gasteiger partial charge in [0, 0.05) is 17.8 Å². The lowest BCUT2D eigenvalue weighted by Crippen LogP contribution is -2.58. The fourth-order valence-electron chi connectivity index (χ4n) is 3.83. The Morgan fingerprint density at radius 1 is 1.23 bits per heavy atom. The van der Waals surface area contributed by atoms with E-state index in [1.807, 2.05) is 26.0 Å². The molecule has 0 spiro atoms. The van der Waals surface area contributed by atoms with Gasteiger partial charge in [-0.2, -0.15) is 0 Å². The van der Waals surface area contributed by atoms with Crippen molar-refractivity contribution in [3.05, 3.63) is 23.3 Å². The second kappa shape index (κ2) is 8.73. The Labute approximate surface area is 157 Å². The minimum absolute atomic E-state index is 0.0226. The van der Waals surface area contributed by atoms with Crippen LogP contribution in [0.3, 0.4) is 0 Å². The van der Waals surface area contributed by atoms with Crippen LogP contribution in [0.25, 0.3) is 0 Å². The SMILES string of the molecule is CCN1CCC(CNC(=O)Nc2cc(C)c(OC)c(C)c2)(N(C)C)CC1. The number of carbonyl (C=O) groups excluding carboxylic acids is 1. The molecule has 0 unspecified atom stereocenters. The molecule has 1 aliphatic rings. The maximum atomic E-state index is 12.4. The summed E-state index contributed by atoms with van der Waals surface area (Å²) in [5, 5.41) is 6.04. The fourth-order valence-corrected chi connectivity index (χ4v) is 3.83. The third kappa shape index (κ3) is 4.68. The van der Waals surface area contributed by atoms with Crippen LogP contribution in [0.5, 0.6) is 5.75 Å². The Morgan fingerprint density at radius 3 is 2.27 bits per heavy atom. The molecule has 6 heteroatoms. The van der Waals surface area contributed by atoms with Crippen LogP contribution < -0.4 is 15.4 Å². The summed E-state index contributed by atoms with van der Waals surface area (Å²) in [4.78, 5) is 17.2. The molecule has 2 N–H and O–H groups in total. The first-order chi connectivity index (χ1) is 12.3. The summed E-state index contributed by atoms with van der Waals surface area (Å²) in [5.41, 5.74) is 2.84. The van der Waals surface area contributed by atoms with E-state index in [-0.39, 0.29) is 11.6 Å². The third-order valence-electron chi connectivity index (χ3n) is 5.68. The van der Waals surface area contributed by atoms with Crippen LogP contribution in [0, 0.1) is 13.8 Å². The van der Waals surface area contributed by atoms with Gasteiger partial charge in [0.1, 0.15) is 5.75 Å². The minimum Gasteiger partial charge on any atom is -0.496 e. The van der Waals surface area contributed by atoms with Gasteiger partial charge >= 0.3 is 6.03 Å². The molecule has 0 saturated carbocycles. The average molecular weight is 363 g/mol. The molecule has 1 aromatic rings. The van der Waals surface area contributed by atoms with Gasteiger partial charge in [0.25, 0.3) is 0 Å². The number of urea groups is 1. The number of aryl methyl sites for hydroxylation is 2. The summed E-state index contributed by atoms with van der Waals surface area (Å²) in [5.74, 6) is 0.866. The standard InChI is InChI=1S/C20H34N4O2/c1-7-24-10-8-20(9-11-24,23(4)5)14-21-19(25)22-17-12-15(2)18(26-6)16(3)13-17/h12-13H,7-11,14H2,1-6H3,(H2,21,22,25). The predicted octanol–water partition coefficient (Wildman–Crippen LogP) is 2.85. The molecule has 2 amide bonds. The van der Waals surface area contributed by atoms with E-state index in [0.29, 0.717) is 6.54 Å². The molecule has 1 aromatic carbocycles. The van der Waals surface area contributed by atoms with Crippen molar-refractivity contribution in [3.8, 4) is 5.75 Å². The van der Waals surface area contributed by atoms with E-state index >= 15 is 0 Å². The number of amides is 2. The maximum Gasteiger partial charge on any atom is 0.319 e. The molecule has 26 heavy (non-hydrogen) atoms. The molecule has 0 atom stereocenters. The highest BCUT2D eigenvalue weighted by Crippen LogP contribution is 2.28. The van der Waals surface area contributed by atoms with E-state index < -0.39 is 0 Å². The first-order valence-corrected chi connectivity index (χ1v) is 9.41. The number of hydrogen-bond donors (Lipinski definition) is 2. The summed E-state index contributed by atoms with van der Waals surface area (Å²) in [6.07, 6.45) is 2.13. The number of likely N-dealkylation sites (tertiary alicyclic amines) is 1. The quantitative estimate of drug-likeness (QED) is 0.817. The van der Waals surface area contributed by atoms with Crippen LogP contribution in [0.4, 0.5) is 10.5 Å². The Balaban J connectivity index is 1.97. The largest absolute Gasteiger partial charge is 0.496 e. The highest BCUT2D eigenvalue weighted by Gasteiger charge is 2.36. The maximum absolute atomic E-state index is 12.4. The van der Waals surface area contributed by atoms with Crippen molar-refractivity contribution < 1.29 is 9.53 Å². The summed E-state index contributed by atoms with van der Waals surface area (Å²) in [6, 6.07) is 3.72. The number of piperidine rings is 1. The van der Waals surface area contributed by atoms with Crippen LogP contribution >= 0.6 is 0 Å². The molecule has 1 fully saturated rings. The third-order valence-corrected chi connectivity index (χ3v) is 5.68. The average Bonchev–Trinajstić information content (AvgIpc) is 2.60. The normalized spacial score (nSPS) is 17.2. The molecule has 146 valence electrons. The smallest absolute Gasteiger partial charge is 0.319 e. The second-order valence-corrected chi connectivity index (χ2v) is 7.50. The van der Waals surface area contributed by atoms with Crippen molar-refractivity contribution in [2.24, 2.45) is 0 Å². The molecular weight excluding hydrogens is 328 g/mol. The molecule has 2 rings (SSSR count). The van der Waals surface area contributed by atoms with Crippen LogP contribution in [0.2, 0.25) is 0 Å². The van der Waals surface area contributed by atoms with E-state index in [1.54, 1.807) is 7.11 Å². The van der Waals surface area contributed by atoms with E-state index in [4.69, 9.17) is 4.74 Å². The number of anilines is 1. The first kappa shape index (κ1) is 20.5. The van der Waals surface area contributed by atoms with E-state index in [1.165, 1.54) is 0 Å². The highest BCUT2D eigenvalue weighted by molar-refractivity contribution is 5.89. The summed E-state index contributed by atoms with van der Waals surface area (Å²) in [7, 11) is 5.88. The number of carbonyl (C=O) groups is 1. The number of nitrogens with zero attached hydrogens (tertiary/aromatic N) is 2. The van der Waals surface area contributed by atoms with Gasteiger partial charge in [0.15, 0.2) is 0 Å². The molecular formula is C20H34N4O2. The Kier molecular flexibility index (Phi) is 6.89. The van der Waals surface area contributed by atoms with Crippen molar-refractivity contribution in [1.29, 1.82) is 0 Å². The number of likely N-dealkylation sites (N-methyl/N-ethyl adjacent to an activating group) is 1. The number of rotatable bonds is 6. The number of ether oxygens (including phenoxy) is 1. The topological polar surface area (TPSA) is 56.8 Å². The van der Waals surface area contributed by atoms with Gasteiger partial charge in [0.2, 0.25) is 0 Å². The molecule has 0 aromatic heterocycles. The zero-order valence-electron chi connectivity index (χ0n) is 17.1. The lowest BCUT2D eigenvalue weighted by atomic mass is 9.86. The molecule has 1 saturated heterocycles. The predicted molar refractivity (Wildman–Crippen MR) is 107 cm³/mol. The lowest BCUT2D eigenvalue weighted by Gasteiger charge is -2.46. The summed E-state index contributed by atoms with van der Waals surface area (Å²) < 4.78 is 5.38. The van der Waals surface area contributed by atoms with Crippen LogP contribution in [-0.4, -0.2) is 68.8 Å². The van der Waals surface area contributed by atoms with Crippen molar-refractivity contribution in [2.45, 2.75) is 39.2 Å². The molecule has 6 nitrogen and oxygen atoms in total. The number of benzene rings is 1. The van der Waals surface area contributed by atoms with Gasteiger partial charge < -0.3 is 25.2 Å². The van der Waals surface area contributed by atoms with Crippen molar-refractivity contribution >= 4 is 11.7 Å². The Morgan fingerprint density at radius 2 is 1.81 bits per heavy atom. The monoisotopic (exact) mass is 362 g/mol. The van der Waals surface area contributed by atoms with Gasteiger partial charge in [-0.05, 0) is 83.7 Å². The zero-order chi connectivity index (χ0) is 19.3. The molecule has 1 aliphatic heterocycles. The number of methoxy groups -OCH3 is 1.